The quantitative estimate of drug-likeness (QED) is 0.614. The number of thiophene rings is 1. The molecule has 0 spiro atoms. The van der Waals surface area contributed by atoms with Crippen LogP contribution in [0.1, 0.15) is 23.4 Å². The predicted molar refractivity (Wildman–Crippen MR) is 106 cm³/mol. The number of rotatable bonds is 5. The Bertz CT molecular complexity index is 994. The van der Waals surface area contributed by atoms with Crippen LogP contribution in [-0.4, -0.2) is 30.0 Å². The maximum Gasteiger partial charge on any atom is 0.312 e. The minimum absolute atomic E-state index is 0.0232. The highest BCUT2D eigenvalue weighted by molar-refractivity contribution is 7.13. The van der Waals surface area contributed by atoms with Crippen LogP contribution in [0.4, 0.5) is 5.69 Å². The maximum atomic E-state index is 12.6. The van der Waals surface area contributed by atoms with Crippen molar-refractivity contribution < 1.29 is 18.7 Å². The molecule has 0 fully saturated rings. The third kappa shape index (κ3) is 3.84. The second kappa shape index (κ2) is 7.98. The van der Waals surface area contributed by atoms with Gasteiger partial charge >= 0.3 is 5.97 Å². The predicted octanol–water partition coefficient (Wildman–Crippen LogP) is 3.78. The number of carbonyl (C=O) groups is 2. The standard InChI is InChI=1S/C21H20N2O4S/c1-14-16(22-21(27-14)18-9-5-11-28-18)12-20(25)26-13-19(24)23-10-4-7-15-6-2-3-8-17(15)23/h2-3,5-6,8-9,11H,4,7,10,12-13H2,1H3. The van der Waals surface area contributed by atoms with Crippen molar-refractivity contribution >= 4 is 28.9 Å². The third-order valence-electron chi connectivity index (χ3n) is 4.70. The molecule has 3 heterocycles. The van der Waals surface area contributed by atoms with Gasteiger partial charge in [0.1, 0.15) is 5.76 Å². The molecular formula is C21H20N2O4S. The Hall–Kier alpha value is -2.93. The summed E-state index contributed by atoms with van der Waals surface area (Å²) in [5, 5.41) is 1.94. The molecule has 3 aromatic rings. The molecule has 0 atom stereocenters. The lowest BCUT2D eigenvalue weighted by Crippen LogP contribution is -2.38. The molecule has 2 aromatic heterocycles. The summed E-state index contributed by atoms with van der Waals surface area (Å²) in [7, 11) is 0. The van der Waals surface area contributed by atoms with Gasteiger partial charge in [-0.25, -0.2) is 4.98 Å². The van der Waals surface area contributed by atoms with Crippen molar-refractivity contribution in [3.8, 4) is 10.8 Å². The number of amides is 1. The molecule has 7 heteroatoms. The van der Waals surface area contributed by atoms with Gasteiger partial charge in [-0.05, 0) is 42.8 Å². The van der Waals surface area contributed by atoms with Gasteiger partial charge < -0.3 is 14.1 Å². The van der Waals surface area contributed by atoms with Gasteiger partial charge in [0.2, 0.25) is 5.89 Å². The molecule has 28 heavy (non-hydrogen) atoms. The number of oxazole rings is 1. The molecule has 0 bridgehead atoms. The van der Waals surface area contributed by atoms with Crippen molar-refractivity contribution in [3.05, 3.63) is 58.8 Å². The normalized spacial score (nSPS) is 13.2. The lowest BCUT2D eigenvalue weighted by Gasteiger charge is -2.29. The number of hydrogen-bond acceptors (Lipinski definition) is 6. The Morgan fingerprint density at radius 1 is 1.25 bits per heavy atom. The zero-order chi connectivity index (χ0) is 19.5. The van der Waals surface area contributed by atoms with E-state index in [4.69, 9.17) is 9.15 Å². The van der Waals surface area contributed by atoms with Crippen LogP contribution in [0.3, 0.4) is 0 Å². The monoisotopic (exact) mass is 396 g/mol. The minimum atomic E-state index is -0.493. The molecule has 0 saturated heterocycles. The number of carbonyl (C=O) groups excluding carboxylic acids is 2. The van der Waals surface area contributed by atoms with Crippen molar-refractivity contribution in [1.29, 1.82) is 0 Å². The molecule has 1 aromatic carbocycles. The van der Waals surface area contributed by atoms with E-state index in [1.807, 2.05) is 41.8 Å². The largest absolute Gasteiger partial charge is 0.455 e. The third-order valence-corrected chi connectivity index (χ3v) is 5.56. The van der Waals surface area contributed by atoms with E-state index in [0.29, 0.717) is 23.9 Å². The van der Waals surface area contributed by atoms with Gasteiger partial charge in [-0.1, -0.05) is 24.3 Å². The fourth-order valence-electron chi connectivity index (χ4n) is 3.30. The number of aromatic nitrogens is 1. The molecule has 1 amide bonds. The Kier molecular flexibility index (Phi) is 5.25. The van der Waals surface area contributed by atoms with E-state index in [1.165, 1.54) is 11.3 Å². The molecule has 1 aliphatic heterocycles. The summed E-state index contributed by atoms with van der Waals surface area (Å²) in [5.41, 5.74) is 2.58. The average Bonchev–Trinajstić information content (AvgIpc) is 3.36. The Morgan fingerprint density at radius 3 is 2.93 bits per heavy atom. The van der Waals surface area contributed by atoms with E-state index in [9.17, 15) is 9.59 Å². The number of nitrogens with zero attached hydrogens (tertiary/aromatic N) is 2. The van der Waals surface area contributed by atoms with Crippen LogP contribution in [0, 0.1) is 6.92 Å². The summed E-state index contributed by atoms with van der Waals surface area (Å²) in [6.45, 7) is 2.13. The number of benzene rings is 1. The summed E-state index contributed by atoms with van der Waals surface area (Å²) in [6.07, 6.45) is 1.84. The first kappa shape index (κ1) is 18.4. The number of anilines is 1. The molecule has 0 radical (unpaired) electrons. The van der Waals surface area contributed by atoms with E-state index in [1.54, 1.807) is 11.8 Å². The van der Waals surface area contributed by atoms with E-state index in [-0.39, 0.29) is 18.9 Å². The molecule has 0 N–H and O–H groups in total. The first-order valence-electron chi connectivity index (χ1n) is 9.16. The molecule has 6 nitrogen and oxygen atoms in total. The van der Waals surface area contributed by atoms with Gasteiger partial charge in [0.15, 0.2) is 6.61 Å². The van der Waals surface area contributed by atoms with E-state index < -0.39 is 5.97 Å². The molecule has 4 rings (SSSR count). The highest BCUT2D eigenvalue weighted by Crippen LogP contribution is 2.27. The van der Waals surface area contributed by atoms with Gasteiger partial charge in [0.25, 0.3) is 5.91 Å². The van der Waals surface area contributed by atoms with Crippen LogP contribution in [0.5, 0.6) is 0 Å². The zero-order valence-corrected chi connectivity index (χ0v) is 16.3. The van der Waals surface area contributed by atoms with Gasteiger partial charge in [-0.2, -0.15) is 0 Å². The van der Waals surface area contributed by atoms with Crippen LogP contribution >= 0.6 is 11.3 Å². The average molecular weight is 396 g/mol. The van der Waals surface area contributed by atoms with Gasteiger partial charge in [0, 0.05) is 12.2 Å². The van der Waals surface area contributed by atoms with Crippen molar-refractivity contribution in [2.75, 3.05) is 18.1 Å². The molecule has 1 aliphatic rings. The summed E-state index contributed by atoms with van der Waals surface area (Å²) in [6, 6.07) is 11.7. The first-order chi connectivity index (χ1) is 13.6. The second-order valence-corrected chi connectivity index (χ2v) is 7.56. The molecule has 0 aliphatic carbocycles. The molecule has 0 unspecified atom stereocenters. The lowest BCUT2D eigenvalue weighted by atomic mass is 10.0. The summed E-state index contributed by atoms with van der Waals surface area (Å²) in [4.78, 5) is 31.8. The van der Waals surface area contributed by atoms with Crippen LogP contribution in [0.2, 0.25) is 0 Å². The molecular weight excluding hydrogens is 376 g/mol. The smallest absolute Gasteiger partial charge is 0.312 e. The minimum Gasteiger partial charge on any atom is -0.455 e. The topological polar surface area (TPSA) is 72.6 Å². The zero-order valence-electron chi connectivity index (χ0n) is 15.5. The van der Waals surface area contributed by atoms with Gasteiger partial charge in [-0.15, -0.1) is 11.3 Å². The second-order valence-electron chi connectivity index (χ2n) is 6.61. The fourth-order valence-corrected chi connectivity index (χ4v) is 3.95. The highest BCUT2D eigenvalue weighted by atomic mass is 32.1. The molecule has 0 saturated carbocycles. The maximum absolute atomic E-state index is 12.6. The Morgan fingerprint density at radius 2 is 2.11 bits per heavy atom. The fraction of sp³-hybridized carbons (Fsp3) is 0.286. The number of ether oxygens (including phenoxy) is 1. The van der Waals surface area contributed by atoms with Gasteiger partial charge in [-0.3, -0.25) is 9.59 Å². The van der Waals surface area contributed by atoms with E-state index in [0.717, 1.165) is 29.0 Å². The van der Waals surface area contributed by atoms with Gasteiger partial charge in [0.05, 0.1) is 17.0 Å². The number of aryl methyl sites for hydroxylation is 2. The van der Waals surface area contributed by atoms with E-state index >= 15 is 0 Å². The Labute approximate surface area is 166 Å². The van der Waals surface area contributed by atoms with Crippen LogP contribution in [0.15, 0.2) is 46.2 Å². The van der Waals surface area contributed by atoms with Crippen molar-refractivity contribution in [2.45, 2.75) is 26.2 Å². The Balaban J connectivity index is 1.36. The highest BCUT2D eigenvalue weighted by Gasteiger charge is 2.23. The first-order valence-corrected chi connectivity index (χ1v) is 10.0. The number of hydrogen-bond donors (Lipinski definition) is 0. The van der Waals surface area contributed by atoms with Crippen molar-refractivity contribution in [1.82, 2.24) is 4.98 Å². The van der Waals surface area contributed by atoms with Crippen molar-refractivity contribution in [3.63, 3.8) is 0 Å². The van der Waals surface area contributed by atoms with Crippen LogP contribution < -0.4 is 4.90 Å². The van der Waals surface area contributed by atoms with Crippen LogP contribution in [0.25, 0.3) is 10.8 Å². The lowest BCUT2D eigenvalue weighted by molar-refractivity contribution is -0.147. The van der Waals surface area contributed by atoms with Crippen LogP contribution in [-0.2, 0) is 27.2 Å². The van der Waals surface area contributed by atoms with E-state index in [2.05, 4.69) is 4.98 Å². The number of para-hydroxylation sites is 1. The number of esters is 1. The summed E-state index contributed by atoms with van der Waals surface area (Å²) < 4.78 is 10.9. The summed E-state index contributed by atoms with van der Waals surface area (Å²) >= 11 is 1.52. The SMILES string of the molecule is Cc1oc(-c2cccs2)nc1CC(=O)OCC(=O)N1CCCc2ccccc21. The van der Waals surface area contributed by atoms with Crippen molar-refractivity contribution in [2.24, 2.45) is 0 Å². The molecule has 144 valence electrons. The summed E-state index contributed by atoms with van der Waals surface area (Å²) in [5.74, 6) is 0.373. The number of fused-ring (bicyclic) bond motifs is 1.